The van der Waals surface area contributed by atoms with Crippen LogP contribution in [0.4, 0.5) is 10.1 Å². The molecule has 0 atom stereocenters. The number of nitrogens with two attached hydrogens (primary N) is 1. The van der Waals surface area contributed by atoms with Gasteiger partial charge in [0.25, 0.3) is 5.91 Å². The zero-order valence-electron chi connectivity index (χ0n) is 19.2. The molecule has 33 heavy (non-hydrogen) atoms. The van der Waals surface area contributed by atoms with Crippen molar-refractivity contribution in [1.29, 1.82) is 0 Å². The number of rotatable bonds is 4. The van der Waals surface area contributed by atoms with Crippen LogP contribution < -0.4 is 11.1 Å². The SMILES string of the molecule is CC1(C)CC(=O)n2c(c(-c3ccc(C(N)=O)c(NC4CCCCC4)c3)c3ccc(F)cc32)C1. The van der Waals surface area contributed by atoms with Crippen LogP contribution in [0.15, 0.2) is 36.4 Å². The summed E-state index contributed by atoms with van der Waals surface area (Å²) >= 11 is 0. The number of carbonyl (C=O) groups is 2. The highest BCUT2D eigenvalue weighted by Gasteiger charge is 2.35. The Morgan fingerprint density at radius 3 is 2.58 bits per heavy atom. The molecular weight excluding hydrogens is 417 g/mol. The van der Waals surface area contributed by atoms with E-state index in [1.807, 2.05) is 12.1 Å². The van der Waals surface area contributed by atoms with Crippen LogP contribution in [0.1, 0.15) is 73.2 Å². The van der Waals surface area contributed by atoms with Gasteiger partial charge in [-0.15, -0.1) is 0 Å². The van der Waals surface area contributed by atoms with Crippen LogP contribution in [0.5, 0.6) is 0 Å². The molecule has 5 rings (SSSR count). The molecule has 6 heteroatoms. The molecule has 1 aliphatic carbocycles. The van der Waals surface area contributed by atoms with Gasteiger partial charge in [-0.2, -0.15) is 0 Å². The molecule has 0 unspecified atom stereocenters. The smallest absolute Gasteiger partial charge is 0.250 e. The van der Waals surface area contributed by atoms with Crippen molar-refractivity contribution >= 4 is 28.4 Å². The zero-order valence-corrected chi connectivity index (χ0v) is 19.2. The van der Waals surface area contributed by atoms with E-state index in [9.17, 15) is 14.0 Å². The first-order valence-electron chi connectivity index (χ1n) is 11.8. The monoisotopic (exact) mass is 447 g/mol. The van der Waals surface area contributed by atoms with Gasteiger partial charge in [0.1, 0.15) is 5.82 Å². The Bertz CT molecular complexity index is 1270. The average molecular weight is 448 g/mol. The maximum absolute atomic E-state index is 14.2. The minimum Gasteiger partial charge on any atom is -0.382 e. The zero-order chi connectivity index (χ0) is 23.3. The molecule has 0 spiro atoms. The molecule has 5 nitrogen and oxygen atoms in total. The molecular formula is C27H30FN3O2. The normalized spacial score (nSPS) is 18.3. The summed E-state index contributed by atoms with van der Waals surface area (Å²) in [6, 6.07) is 10.6. The number of primary amides is 1. The van der Waals surface area contributed by atoms with Crippen molar-refractivity contribution in [2.24, 2.45) is 11.1 Å². The van der Waals surface area contributed by atoms with E-state index in [-0.39, 0.29) is 17.1 Å². The summed E-state index contributed by atoms with van der Waals surface area (Å²) in [4.78, 5) is 25.3. The third kappa shape index (κ3) is 3.92. The number of hydrogen-bond acceptors (Lipinski definition) is 3. The number of anilines is 1. The maximum Gasteiger partial charge on any atom is 0.250 e. The van der Waals surface area contributed by atoms with Gasteiger partial charge in [0.2, 0.25) is 5.91 Å². The number of hydrogen-bond donors (Lipinski definition) is 2. The highest BCUT2D eigenvalue weighted by molar-refractivity contribution is 6.06. The molecule has 1 aromatic heterocycles. The predicted octanol–water partition coefficient (Wildman–Crippen LogP) is 5.90. The van der Waals surface area contributed by atoms with Gasteiger partial charge in [-0.3, -0.25) is 14.2 Å². The second-order valence-corrected chi connectivity index (χ2v) is 10.3. The molecule has 3 aromatic rings. The first-order valence-corrected chi connectivity index (χ1v) is 11.8. The number of halogens is 1. The van der Waals surface area contributed by atoms with E-state index in [1.54, 1.807) is 16.7 Å². The van der Waals surface area contributed by atoms with Gasteiger partial charge >= 0.3 is 0 Å². The Hall–Kier alpha value is -3.15. The van der Waals surface area contributed by atoms with Crippen LogP contribution in [0.25, 0.3) is 22.0 Å². The molecule has 2 aromatic carbocycles. The quantitative estimate of drug-likeness (QED) is 0.522. The topological polar surface area (TPSA) is 77.1 Å². The summed E-state index contributed by atoms with van der Waals surface area (Å²) in [6.07, 6.45) is 6.82. The Morgan fingerprint density at radius 1 is 1.09 bits per heavy atom. The maximum atomic E-state index is 14.2. The van der Waals surface area contributed by atoms with Gasteiger partial charge in [-0.1, -0.05) is 39.2 Å². The molecule has 0 radical (unpaired) electrons. The highest BCUT2D eigenvalue weighted by atomic mass is 19.1. The molecule has 2 aliphatic rings. The van der Waals surface area contributed by atoms with Crippen molar-refractivity contribution < 1.29 is 14.0 Å². The van der Waals surface area contributed by atoms with Crippen LogP contribution in [0.2, 0.25) is 0 Å². The fourth-order valence-electron chi connectivity index (χ4n) is 5.59. The van der Waals surface area contributed by atoms with E-state index in [2.05, 4.69) is 19.2 Å². The van der Waals surface area contributed by atoms with Crippen LogP contribution >= 0.6 is 0 Å². The number of amides is 1. The fourth-order valence-corrected chi connectivity index (χ4v) is 5.59. The molecule has 1 fully saturated rings. The van der Waals surface area contributed by atoms with E-state index in [4.69, 9.17) is 5.73 Å². The number of aromatic nitrogens is 1. The van der Waals surface area contributed by atoms with E-state index in [1.165, 1.54) is 31.4 Å². The second kappa shape index (κ2) is 8.01. The molecule has 1 aliphatic heterocycles. The summed E-state index contributed by atoms with van der Waals surface area (Å²) in [5, 5.41) is 4.40. The van der Waals surface area contributed by atoms with Crippen LogP contribution in [-0.2, 0) is 6.42 Å². The number of nitrogens with one attached hydrogen (secondary N) is 1. The summed E-state index contributed by atoms with van der Waals surface area (Å²) < 4.78 is 15.9. The lowest BCUT2D eigenvalue weighted by Crippen LogP contribution is -2.31. The molecule has 0 bridgehead atoms. The van der Waals surface area contributed by atoms with E-state index < -0.39 is 5.91 Å². The first kappa shape index (κ1) is 21.7. The highest BCUT2D eigenvalue weighted by Crippen LogP contribution is 2.43. The summed E-state index contributed by atoms with van der Waals surface area (Å²) in [7, 11) is 0. The van der Waals surface area contributed by atoms with Crippen molar-refractivity contribution in [3.8, 4) is 11.1 Å². The van der Waals surface area contributed by atoms with Crippen molar-refractivity contribution in [3.63, 3.8) is 0 Å². The second-order valence-electron chi connectivity index (χ2n) is 10.3. The molecule has 2 heterocycles. The minimum atomic E-state index is -0.470. The Kier molecular flexibility index (Phi) is 5.26. The standard InChI is InChI=1S/C27H30FN3O2/c1-27(2)14-23-25(20-11-9-17(28)13-22(20)31(23)24(32)15-27)16-8-10-19(26(29)33)21(12-16)30-18-6-4-3-5-7-18/h8-13,18,30H,3-7,14-15H2,1-2H3,(H2,29,33). The van der Waals surface area contributed by atoms with Gasteiger partial charge in [-0.25, -0.2) is 4.39 Å². The molecule has 172 valence electrons. The van der Waals surface area contributed by atoms with Crippen molar-refractivity contribution in [2.45, 2.75) is 64.8 Å². The third-order valence-corrected chi connectivity index (χ3v) is 7.09. The summed E-state index contributed by atoms with van der Waals surface area (Å²) in [5.74, 6) is -0.852. The number of benzene rings is 2. The fraction of sp³-hybridized carbons (Fsp3) is 0.407. The van der Waals surface area contributed by atoms with Gasteiger partial charge < -0.3 is 11.1 Å². The van der Waals surface area contributed by atoms with Gasteiger partial charge in [0.05, 0.1) is 11.1 Å². The minimum absolute atomic E-state index is 0.0163. The van der Waals surface area contributed by atoms with E-state index >= 15 is 0 Å². The van der Waals surface area contributed by atoms with Gasteiger partial charge in [0.15, 0.2) is 0 Å². The van der Waals surface area contributed by atoms with Crippen LogP contribution in [-0.4, -0.2) is 22.4 Å². The lowest BCUT2D eigenvalue weighted by atomic mass is 9.80. The Labute approximate surface area is 193 Å². The lowest BCUT2D eigenvalue weighted by molar-refractivity contribution is 0.0816. The number of fused-ring (bicyclic) bond motifs is 3. The van der Waals surface area contributed by atoms with Gasteiger partial charge in [0, 0.05) is 34.8 Å². The predicted molar refractivity (Wildman–Crippen MR) is 129 cm³/mol. The first-order chi connectivity index (χ1) is 15.7. The Balaban J connectivity index is 1.70. The lowest BCUT2D eigenvalue weighted by Gasteiger charge is -2.30. The van der Waals surface area contributed by atoms with E-state index in [0.29, 0.717) is 30.0 Å². The van der Waals surface area contributed by atoms with Crippen molar-refractivity contribution in [2.75, 3.05) is 5.32 Å². The summed E-state index contributed by atoms with van der Waals surface area (Å²) in [5.41, 5.74) is 10.0. The van der Waals surface area contributed by atoms with Crippen molar-refractivity contribution in [3.05, 3.63) is 53.5 Å². The molecule has 1 saturated carbocycles. The molecule has 1 amide bonds. The third-order valence-electron chi connectivity index (χ3n) is 7.09. The van der Waals surface area contributed by atoms with Gasteiger partial charge in [-0.05, 0) is 60.6 Å². The number of carbonyl (C=O) groups excluding carboxylic acids is 2. The number of nitrogens with zero attached hydrogens (tertiary/aromatic N) is 1. The van der Waals surface area contributed by atoms with Crippen LogP contribution in [0.3, 0.4) is 0 Å². The summed E-state index contributed by atoms with van der Waals surface area (Å²) in [6.45, 7) is 4.17. The molecule has 3 N–H and O–H groups in total. The Morgan fingerprint density at radius 2 is 1.85 bits per heavy atom. The van der Waals surface area contributed by atoms with E-state index in [0.717, 1.165) is 40.7 Å². The van der Waals surface area contributed by atoms with Crippen LogP contribution in [0, 0.1) is 11.2 Å². The molecule has 0 saturated heterocycles. The van der Waals surface area contributed by atoms with Crippen molar-refractivity contribution in [1.82, 2.24) is 4.57 Å². The largest absolute Gasteiger partial charge is 0.382 e. The average Bonchev–Trinajstić information content (AvgIpc) is 3.06.